The van der Waals surface area contributed by atoms with E-state index in [4.69, 9.17) is 5.11 Å². The summed E-state index contributed by atoms with van der Waals surface area (Å²) in [7, 11) is 0. The van der Waals surface area contributed by atoms with Crippen LogP contribution < -0.4 is 0 Å². The summed E-state index contributed by atoms with van der Waals surface area (Å²) in [6.45, 7) is 0.689. The Morgan fingerprint density at radius 3 is 3.08 bits per heavy atom. The van der Waals surface area contributed by atoms with Crippen molar-refractivity contribution in [3.63, 3.8) is 0 Å². The van der Waals surface area contributed by atoms with E-state index < -0.39 is 0 Å². The molecule has 68 valence electrons. The summed E-state index contributed by atoms with van der Waals surface area (Å²) >= 11 is 1.67. The van der Waals surface area contributed by atoms with Crippen LogP contribution in [0.1, 0.15) is 0 Å². The van der Waals surface area contributed by atoms with Gasteiger partial charge < -0.3 is 5.11 Å². The average Bonchev–Trinajstić information content (AvgIpc) is 2.70. The molecule has 4 heteroatoms. The van der Waals surface area contributed by atoms with Crippen LogP contribution >= 0.6 is 11.3 Å². The molecule has 0 amide bonds. The Bertz CT molecular complexity index is 367. The standard InChI is InChI=1S/C9H10N2OS/c12-3-2-11-6-9(5-10-11)8-1-4-13-7-8/h1,4-7,12H,2-3H2. The summed E-state index contributed by atoms with van der Waals surface area (Å²) in [5, 5.41) is 16.9. The number of thiophene rings is 1. The predicted octanol–water partition coefficient (Wildman–Crippen LogP) is 1.60. The molecule has 0 bridgehead atoms. The fourth-order valence-corrected chi connectivity index (χ4v) is 1.83. The molecule has 2 heterocycles. The Morgan fingerprint density at radius 1 is 1.46 bits per heavy atom. The Morgan fingerprint density at radius 2 is 2.38 bits per heavy atom. The fraction of sp³-hybridized carbons (Fsp3) is 0.222. The zero-order valence-electron chi connectivity index (χ0n) is 7.05. The quantitative estimate of drug-likeness (QED) is 0.806. The van der Waals surface area contributed by atoms with Gasteiger partial charge in [0.05, 0.1) is 19.3 Å². The van der Waals surface area contributed by atoms with Crippen molar-refractivity contribution >= 4 is 11.3 Å². The maximum Gasteiger partial charge on any atom is 0.0641 e. The van der Waals surface area contributed by atoms with Gasteiger partial charge in [-0.1, -0.05) is 0 Å². The van der Waals surface area contributed by atoms with Crippen LogP contribution in [-0.4, -0.2) is 21.5 Å². The number of rotatable bonds is 3. The predicted molar refractivity (Wildman–Crippen MR) is 52.6 cm³/mol. The molecular weight excluding hydrogens is 184 g/mol. The van der Waals surface area contributed by atoms with Gasteiger partial charge in [-0.3, -0.25) is 4.68 Å². The minimum Gasteiger partial charge on any atom is -0.394 e. The molecule has 0 radical (unpaired) electrons. The molecule has 0 aliphatic rings. The van der Waals surface area contributed by atoms with Crippen molar-refractivity contribution in [1.29, 1.82) is 0 Å². The summed E-state index contributed by atoms with van der Waals surface area (Å²) < 4.78 is 1.74. The van der Waals surface area contributed by atoms with Crippen molar-refractivity contribution in [3.8, 4) is 11.1 Å². The maximum absolute atomic E-state index is 8.70. The van der Waals surface area contributed by atoms with Crippen molar-refractivity contribution in [2.24, 2.45) is 0 Å². The van der Waals surface area contributed by atoms with Gasteiger partial charge in [0.2, 0.25) is 0 Å². The third kappa shape index (κ3) is 1.79. The van der Waals surface area contributed by atoms with Crippen LogP contribution in [-0.2, 0) is 6.54 Å². The lowest BCUT2D eigenvalue weighted by Crippen LogP contribution is -2.01. The number of hydrogen-bond donors (Lipinski definition) is 1. The second kappa shape index (κ2) is 3.72. The molecule has 0 aromatic carbocycles. The number of aliphatic hydroxyl groups excluding tert-OH is 1. The zero-order chi connectivity index (χ0) is 9.10. The third-order valence-corrected chi connectivity index (χ3v) is 2.50. The average molecular weight is 194 g/mol. The van der Waals surface area contributed by atoms with Crippen molar-refractivity contribution in [1.82, 2.24) is 9.78 Å². The molecule has 0 fully saturated rings. The molecule has 0 aliphatic carbocycles. The molecule has 0 spiro atoms. The van der Waals surface area contributed by atoms with Gasteiger partial charge in [-0.15, -0.1) is 0 Å². The van der Waals surface area contributed by atoms with Gasteiger partial charge in [-0.2, -0.15) is 16.4 Å². The molecule has 2 aromatic heterocycles. The Kier molecular flexibility index (Phi) is 2.42. The lowest BCUT2D eigenvalue weighted by atomic mass is 10.2. The first-order valence-corrected chi connectivity index (χ1v) is 5.00. The second-order valence-electron chi connectivity index (χ2n) is 2.73. The van der Waals surface area contributed by atoms with E-state index in [-0.39, 0.29) is 6.61 Å². The third-order valence-electron chi connectivity index (χ3n) is 1.82. The summed E-state index contributed by atoms with van der Waals surface area (Å²) in [6.07, 6.45) is 3.76. The zero-order valence-corrected chi connectivity index (χ0v) is 7.87. The van der Waals surface area contributed by atoms with Gasteiger partial charge in [-0.05, 0) is 22.4 Å². The first-order chi connectivity index (χ1) is 6.40. The highest BCUT2D eigenvalue weighted by atomic mass is 32.1. The number of nitrogens with zero attached hydrogens (tertiary/aromatic N) is 2. The van der Waals surface area contributed by atoms with E-state index in [0.717, 1.165) is 5.56 Å². The van der Waals surface area contributed by atoms with Gasteiger partial charge >= 0.3 is 0 Å². The lowest BCUT2D eigenvalue weighted by Gasteiger charge is -1.94. The molecule has 2 aromatic rings. The van der Waals surface area contributed by atoms with E-state index >= 15 is 0 Å². The van der Waals surface area contributed by atoms with E-state index in [1.807, 2.05) is 17.8 Å². The molecule has 0 saturated carbocycles. The van der Waals surface area contributed by atoms with Crippen molar-refractivity contribution in [2.45, 2.75) is 6.54 Å². The highest BCUT2D eigenvalue weighted by Gasteiger charge is 2.00. The molecule has 13 heavy (non-hydrogen) atoms. The Balaban J connectivity index is 2.23. The van der Waals surface area contributed by atoms with E-state index in [1.54, 1.807) is 16.0 Å². The largest absolute Gasteiger partial charge is 0.394 e. The van der Waals surface area contributed by atoms with Crippen molar-refractivity contribution in [3.05, 3.63) is 29.2 Å². The molecular formula is C9H10N2OS. The molecule has 0 saturated heterocycles. The maximum atomic E-state index is 8.70. The number of aromatic nitrogens is 2. The minimum atomic E-state index is 0.130. The van der Waals surface area contributed by atoms with Gasteiger partial charge in [-0.25, -0.2) is 0 Å². The van der Waals surface area contributed by atoms with E-state index in [1.165, 1.54) is 5.56 Å². The molecule has 0 aliphatic heterocycles. The monoisotopic (exact) mass is 194 g/mol. The van der Waals surface area contributed by atoms with Crippen LogP contribution in [0.4, 0.5) is 0 Å². The highest BCUT2D eigenvalue weighted by molar-refractivity contribution is 7.08. The van der Waals surface area contributed by atoms with Gasteiger partial charge in [0.1, 0.15) is 0 Å². The second-order valence-corrected chi connectivity index (χ2v) is 3.51. The molecule has 0 atom stereocenters. The van der Waals surface area contributed by atoms with Crippen LogP contribution in [0.25, 0.3) is 11.1 Å². The SMILES string of the molecule is OCCn1cc(-c2ccsc2)cn1. The van der Waals surface area contributed by atoms with Crippen molar-refractivity contribution < 1.29 is 5.11 Å². The topological polar surface area (TPSA) is 38.0 Å². The van der Waals surface area contributed by atoms with Crippen LogP contribution in [0.15, 0.2) is 29.2 Å². The van der Waals surface area contributed by atoms with Gasteiger partial charge in [0.15, 0.2) is 0 Å². The van der Waals surface area contributed by atoms with Crippen LogP contribution in [0.3, 0.4) is 0 Å². The first-order valence-electron chi connectivity index (χ1n) is 4.06. The fourth-order valence-electron chi connectivity index (χ4n) is 1.17. The normalized spacial score (nSPS) is 10.5. The first kappa shape index (κ1) is 8.47. The summed E-state index contributed by atoms with van der Waals surface area (Å²) in [5.74, 6) is 0. The van der Waals surface area contributed by atoms with Crippen LogP contribution in [0.5, 0.6) is 0 Å². The Labute approximate surface area is 80.3 Å². The van der Waals surface area contributed by atoms with E-state index in [0.29, 0.717) is 6.54 Å². The van der Waals surface area contributed by atoms with Gasteiger partial charge in [0.25, 0.3) is 0 Å². The number of hydrogen-bond acceptors (Lipinski definition) is 3. The molecule has 3 nitrogen and oxygen atoms in total. The highest BCUT2D eigenvalue weighted by Crippen LogP contribution is 2.20. The number of aliphatic hydroxyl groups is 1. The van der Waals surface area contributed by atoms with Crippen LogP contribution in [0, 0.1) is 0 Å². The smallest absolute Gasteiger partial charge is 0.0641 e. The molecule has 0 unspecified atom stereocenters. The summed E-state index contributed by atoms with van der Waals surface area (Å²) in [4.78, 5) is 0. The minimum absolute atomic E-state index is 0.130. The molecule has 2 rings (SSSR count). The summed E-state index contributed by atoms with van der Waals surface area (Å²) in [6, 6.07) is 2.06. The van der Waals surface area contributed by atoms with Crippen LogP contribution in [0.2, 0.25) is 0 Å². The lowest BCUT2D eigenvalue weighted by molar-refractivity contribution is 0.269. The van der Waals surface area contributed by atoms with Gasteiger partial charge in [0, 0.05) is 11.8 Å². The summed E-state index contributed by atoms with van der Waals surface area (Å²) in [5.41, 5.74) is 2.30. The van der Waals surface area contributed by atoms with E-state index in [9.17, 15) is 0 Å². The van der Waals surface area contributed by atoms with Crippen molar-refractivity contribution in [2.75, 3.05) is 6.61 Å². The Hall–Kier alpha value is -1.13. The molecule has 1 N–H and O–H groups in total. The van der Waals surface area contributed by atoms with E-state index in [2.05, 4.69) is 16.5 Å².